The Kier molecular flexibility index (Phi) is 5.69. The van der Waals surface area contributed by atoms with E-state index in [1.54, 1.807) is 19.1 Å². The van der Waals surface area contributed by atoms with Gasteiger partial charge in [0.25, 0.3) is 11.6 Å². The molecule has 0 radical (unpaired) electrons. The van der Waals surface area contributed by atoms with Gasteiger partial charge in [-0.1, -0.05) is 31.9 Å². The molecule has 1 saturated carbocycles. The van der Waals surface area contributed by atoms with Crippen LogP contribution in [0, 0.1) is 34.3 Å². The second kappa shape index (κ2) is 7.73. The van der Waals surface area contributed by atoms with Crippen molar-refractivity contribution in [2.24, 2.45) is 5.92 Å². The van der Waals surface area contributed by atoms with Gasteiger partial charge in [-0.05, 0) is 37.3 Å². The number of hydrogen-bond donors (Lipinski definition) is 1. The summed E-state index contributed by atoms with van der Waals surface area (Å²) in [4.78, 5) is 22.9. The lowest BCUT2D eigenvalue weighted by Crippen LogP contribution is -2.41. The molecule has 0 saturated heterocycles. The maximum absolute atomic E-state index is 12.3. The summed E-state index contributed by atoms with van der Waals surface area (Å²) in [6.45, 7) is 3.75. The fraction of sp³-hybridized carbons (Fsp3) is 0.444. The third-order valence-electron chi connectivity index (χ3n) is 4.53. The van der Waals surface area contributed by atoms with Crippen LogP contribution in [0.2, 0.25) is 0 Å². The summed E-state index contributed by atoms with van der Waals surface area (Å²) >= 11 is 0. The third-order valence-corrected chi connectivity index (χ3v) is 4.53. The van der Waals surface area contributed by atoms with Crippen molar-refractivity contribution < 1.29 is 9.72 Å². The number of nitro benzene ring substituents is 1. The van der Waals surface area contributed by atoms with Crippen LogP contribution in [-0.4, -0.2) is 16.9 Å². The zero-order valence-electron chi connectivity index (χ0n) is 13.9. The maximum atomic E-state index is 12.3. The molecule has 6 heteroatoms. The summed E-state index contributed by atoms with van der Waals surface area (Å²) in [6.07, 6.45) is 5.63. The largest absolute Gasteiger partial charge is 0.348 e. The smallest absolute Gasteiger partial charge is 0.272 e. The predicted octanol–water partition coefficient (Wildman–Crippen LogP) is 3.51. The summed E-state index contributed by atoms with van der Waals surface area (Å²) in [5.41, 5.74) is 0.945. The summed E-state index contributed by atoms with van der Waals surface area (Å²) in [5, 5.41) is 23.2. The Balaban J connectivity index is 2.19. The van der Waals surface area contributed by atoms with Gasteiger partial charge in [-0.3, -0.25) is 14.9 Å². The minimum absolute atomic E-state index is 0.0256. The summed E-state index contributed by atoms with van der Waals surface area (Å²) in [5.74, 6) is -0.0254. The van der Waals surface area contributed by atoms with E-state index >= 15 is 0 Å². The molecule has 1 fully saturated rings. The lowest BCUT2D eigenvalue weighted by Gasteiger charge is -2.29. The van der Waals surface area contributed by atoms with Gasteiger partial charge in [-0.25, -0.2) is 0 Å². The van der Waals surface area contributed by atoms with Gasteiger partial charge in [-0.2, -0.15) is 5.26 Å². The van der Waals surface area contributed by atoms with Crippen LogP contribution in [0.1, 0.15) is 43.7 Å². The van der Waals surface area contributed by atoms with E-state index in [1.807, 2.05) is 6.07 Å². The van der Waals surface area contributed by atoms with Crippen LogP contribution in [0.5, 0.6) is 0 Å². The molecule has 1 amide bonds. The molecule has 126 valence electrons. The molecule has 0 aromatic heterocycles. The van der Waals surface area contributed by atoms with E-state index < -0.39 is 10.8 Å². The normalized spacial score (nSPS) is 21.0. The van der Waals surface area contributed by atoms with Gasteiger partial charge < -0.3 is 5.32 Å². The highest BCUT2D eigenvalue weighted by Crippen LogP contribution is 2.24. The first kappa shape index (κ1) is 17.7. The molecule has 1 aromatic carbocycles. The molecule has 1 N–H and O–H groups in total. The summed E-state index contributed by atoms with van der Waals surface area (Å²) in [6, 6.07) is 6.63. The van der Waals surface area contributed by atoms with Gasteiger partial charge >= 0.3 is 0 Å². The van der Waals surface area contributed by atoms with Crippen molar-refractivity contribution >= 4 is 17.7 Å². The molecular weight excluding hydrogens is 306 g/mol. The number of nitriles is 1. The molecule has 2 rings (SSSR count). The first-order valence-corrected chi connectivity index (χ1v) is 8.10. The topological polar surface area (TPSA) is 96.0 Å². The molecular formula is C18H21N3O3. The minimum Gasteiger partial charge on any atom is -0.348 e. The number of amides is 1. The molecule has 0 heterocycles. The van der Waals surface area contributed by atoms with Gasteiger partial charge in [0.1, 0.15) is 11.6 Å². The van der Waals surface area contributed by atoms with Gasteiger partial charge in [0, 0.05) is 17.7 Å². The van der Waals surface area contributed by atoms with E-state index in [0.29, 0.717) is 17.0 Å². The van der Waals surface area contributed by atoms with Gasteiger partial charge in [-0.15, -0.1) is 0 Å². The number of carbonyl (C=O) groups is 1. The van der Waals surface area contributed by atoms with Gasteiger partial charge in [0.2, 0.25) is 0 Å². The number of hydrogen-bond acceptors (Lipinski definition) is 4. The van der Waals surface area contributed by atoms with Crippen LogP contribution in [0.4, 0.5) is 5.69 Å². The Morgan fingerprint density at radius 1 is 1.42 bits per heavy atom. The van der Waals surface area contributed by atoms with Crippen LogP contribution >= 0.6 is 0 Å². The van der Waals surface area contributed by atoms with E-state index in [4.69, 9.17) is 0 Å². The fourth-order valence-corrected chi connectivity index (χ4v) is 3.00. The highest BCUT2D eigenvalue weighted by Gasteiger charge is 2.24. The monoisotopic (exact) mass is 327 g/mol. The fourth-order valence-electron chi connectivity index (χ4n) is 3.00. The van der Waals surface area contributed by atoms with Crippen molar-refractivity contribution in [1.82, 2.24) is 5.32 Å². The number of aryl methyl sites for hydroxylation is 1. The number of benzene rings is 1. The highest BCUT2D eigenvalue weighted by atomic mass is 16.6. The molecule has 1 aliphatic carbocycles. The zero-order chi connectivity index (χ0) is 17.7. The van der Waals surface area contributed by atoms with E-state index in [1.165, 1.54) is 18.6 Å². The Labute approximate surface area is 141 Å². The number of rotatable bonds is 4. The predicted molar refractivity (Wildman–Crippen MR) is 91.0 cm³/mol. The quantitative estimate of drug-likeness (QED) is 0.396. The molecule has 1 aromatic rings. The van der Waals surface area contributed by atoms with Crippen LogP contribution in [0.15, 0.2) is 23.8 Å². The van der Waals surface area contributed by atoms with E-state index in [-0.39, 0.29) is 17.3 Å². The van der Waals surface area contributed by atoms with Crippen LogP contribution in [0.3, 0.4) is 0 Å². The van der Waals surface area contributed by atoms with Gasteiger partial charge in [0.15, 0.2) is 0 Å². The second-order valence-electron chi connectivity index (χ2n) is 6.31. The molecule has 24 heavy (non-hydrogen) atoms. The summed E-state index contributed by atoms with van der Waals surface area (Å²) < 4.78 is 0. The van der Waals surface area contributed by atoms with Crippen molar-refractivity contribution in [1.29, 1.82) is 5.26 Å². The standard InChI is InChI=1S/C18H21N3O3/c1-12-5-3-4-6-16(12)20-18(22)15(11-19)9-14-8-7-13(2)17(10-14)21(23)24/h7-10,12,16H,3-6H2,1-2H3,(H,20,22). The zero-order valence-corrected chi connectivity index (χ0v) is 13.9. The van der Waals surface area contributed by atoms with Crippen molar-refractivity contribution in [2.75, 3.05) is 0 Å². The maximum Gasteiger partial charge on any atom is 0.272 e. The molecule has 0 spiro atoms. The lowest BCUT2D eigenvalue weighted by atomic mass is 9.86. The molecule has 2 unspecified atom stereocenters. The first-order chi connectivity index (χ1) is 11.4. The van der Waals surface area contributed by atoms with Crippen molar-refractivity contribution in [3.05, 3.63) is 45.0 Å². The average molecular weight is 327 g/mol. The van der Waals surface area contributed by atoms with Crippen molar-refractivity contribution in [3.8, 4) is 6.07 Å². The molecule has 0 aliphatic heterocycles. The van der Waals surface area contributed by atoms with E-state index in [2.05, 4.69) is 12.2 Å². The SMILES string of the molecule is Cc1ccc(C=C(C#N)C(=O)NC2CCCCC2C)cc1[N+](=O)[O-]. The van der Waals surface area contributed by atoms with Gasteiger partial charge in [0.05, 0.1) is 4.92 Å². The molecule has 0 bridgehead atoms. The molecule has 1 aliphatic rings. The number of nitrogens with zero attached hydrogens (tertiary/aromatic N) is 2. The van der Waals surface area contributed by atoms with Crippen molar-refractivity contribution in [2.45, 2.75) is 45.6 Å². The Bertz CT molecular complexity index is 719. The molecule has 2 atom stereocenters. The average Bonchev–Trinajstić information content (AvgIpc) is 2.55. The second-order valence-corrected chi connectivity index (χ2v) is 6.31. The van der Waals surface area contributed by atoms with Crippen LogP contribution in [0.25, 0.3) is 6.08 Å². The highest BCUT2D eigenvalue weighted by molar-refractivity contribution is 6.01. The summed E-state index contributed by atoms with van der Waals surface area (Å²) in [7, 11) is 0. The van der Waals surface area contributed by atoms with Crippen LogP contribution < -0.4 is 5.32 Å². The number of nitro groups is 1. The van der Waals surface area contributed by atoms with Crippen molar-refractivity contribution in [3.63, 3.8) is 0 Å². The minimum atomic E-state index is -0.470. The first-order valence-electron chi connectivity index (χ1n) is 8.10. The van der Waals surface area contributed by atoms with E-state index in [0.717, 1.165) is 19.3 Å². The molecule has 6 nitrogen and oxygen atoms in total. The Morgan fingerprint density at radius 2 is 2.12 bits per heavy atom. The lowest BCUT2D eigenvalue weighted by molar-refractivity contribution is -0.385. The third kappa shape index (κ3) is 4.19. The Morgan fingerprint density at radius 3 is 2.75 bits per heavy atom. The van der Waals surface area contributed by atoms with Crippen LogP contribution in [-0.2, 0) is 4.79 Å². The number of nitrogens with one attached hydrogen (secondary N) is 1. The Hall–Kier alpha value is -2.68. The van der Waals surface area contributed by atoms with E-state index in [9.17, 15) is 20.2 Å². The number of carbonyl (C=O) groups excluding carboxylic acids is 1.